The fourth-order valence-corrected chi connectivity index (χ4v) is 1.57. The van der Waals surface area contributed by atoms with Crippen LogP contribution in [0.25, 0.3) is 0 Å². The maximum atomic E-state index is 5.90. The first-order valence-corrected chi connectivity index (χ1v) is 4.57. The highest BCUT2D eigenvalue weighted by Crippen LogP contribution is 2.18. The van der Waals surface area contributed by atoms with Gasteiger partial charge >= 0.3 is 0 Å². The van der Waals surface area contributed by atoms with Crippen LogP contribution in [0.15, 0.2) is 0 Å². The lowest BCUT2D eigenvalue weighted by molar-refractivity contribution is -0.00983. The molecule has 0 bridgehead atoms. The molecule has 2 N–H and O–H groups in total. The molecular formula is C9H19NO. The molecule has 2 heteroatoms. The largest absolute Gasteiger partial charge is 0.377 e. The van der Waals surface area contributed by atoms with Gasteiger partial charge in [-0.05, 0) is 25.2 Å². The molecule has 1 heterocycles. The van der Waals surface area contributed by atoms with Crippen LogP contribution in [-0.2, 0) is 4.74 Å². The molecule has 1 rings (SSSR count). The third-order valence-corrected chi connectivity index (χ3v) is 2.19. The van der Waals surface area contributed by atoms with Gasteiger partial charge in [-0.25, -0.2) is 0 Å². The maximum absolute atomic E-state index is 5.90. The van der Waals surface area contributed by atoms with Crippen LogP contribution in [0.5, 0.6) is 0 Å². The van der Waals surface area contributed by atoms with E-state index in [0.29, 0.717) is 12.0 Å². The van der Waals surface area contributed by atoms with Crippen LogP contribution in [0.4, 0.5) is 0 Å². The lowest BCUT2D eigenvalue weighted by atomic mass is 9.96. The van der Waals surface area contributed by atoms with E-state index < -0.39 is 0 Å². The molecule has 1 saturated heterocycles. The lowest BCUT2D eigenvalue weighted by Crippen LogP contribution is -2.41. The summed E-state index contributed by atoms with van der Waals surface area (Å²) >= 11 is 0. The standard InChI is InChI=1S/C9H19NO/c1-7(2)6-9-8(10)4-3-5-11-9/h7-9H,3-6,10H2,1-2H3/t8-,9-/m0/s1. The average molecular weight is 157 g/mol. The summed E-state index contributed by atoms with van der Waals surface area (Å²) in [6.45, 7) is 5.33. The van der Waals surface area contributed by atoms with E-state index in [2.05, 4.69) is 13.8 Å². The zero-order valence-electron chi connectivity index (χ0n) is 7.55. The van der Waals surface area contributed by atoms with Crippen molar-refractivity contribution in [3.05, 3.63) is 0 Å². The third kappa shape index (κ3) is 2.80. The van der Waals surface area contributed by atoms with Gasteiger partial charge in [-0.1, -0.05) is 13.8 Å². The summed E-state index contributed by atoms with van der Waals surface area (Å²) in [7, 11) is 0. The summed E-state index contributed by atoms with van der Waals surface area (Å²) in [5.74, 6) is 0.698. The van der Waals surface area contributed by atoms with Crippen LogP contribution >= 0.6 is 0 Å². The monoisotopic (exact) mass is 157 g/mol. The van der Waals surface area contributed by atoms with Gasteiger partial charge < -0.3 is 10.5 Å². The first-order valence-electron chi connectivity index (χ1n) is 4.57. The first kappa shape index (κ1) is 9.01. The Morgan fingerprint density at radius 3 is 2.82 bits per heavy atom. The molecular weight excluding hydrogens is 138 g/mol. The highest BCUT2D eigenvalue weighted by Gasteiger charge is 2.22. The Morgan fingerprint density at radius 1 is 1.55 bits per heavy atom. The van der Waals surface area contributed by atoms with Gasteiger partial charge in [-0.15, -0.1) is 0 Å². The van der Waals surface area contributed by atoms with Crippen molar-refractivity contribution in [2.24, 2.45) is 11.7 Å². The van der Waals surface area contributed by atoms with Crippen molar-refractivity contribution in [1.82, 2.24) is 0 Å². The molecule has 0 saturated carbocycles. The van der Waals surface area contributed by atoms with E-state index >= 15 is 0 Å². The number of hydrogen-bond acceptors (Lipinski definition) is 2. The summed E-state index contributed by atoms with van der Waals surface area (Å²) in [6.07, 6.45) is 3.71. The van der Waals surface area contributed by atoms with Crippen LogP contribution in [0.2, 0.25) is 0 Å². The average Bonchev–Trinajstić information content (AvgIpc) is 1.93. The zero-order chi connectivity index (χ0) is 8.27. The van der Waals surface area contributed by atoms with Crippen LogP contribution in [0.1, 0.15) is 33.1 Å². The number of hydrogen-bond donors (Lipinski definition) is 1. The second kappa shape index (κ2) is 4.07. The Labute approximate surface area is 69.1 Å². The number of ether oxygens (including phenoxy) is 1. The molecule has 0 unspecified atom stereocenters. The quantitative estimate of drug-likeness (QED) is 0.660. The van der Waals surface area contributed by atoms with Crippen LogP contribution in [0, 0.1) is 5.92 Å². The Bertz CT molecular complexity index is 114. The van der Waals surface area contributed by atoms with E-state index in [1.54, 1.807) is 0 Å². The van der Waals surface area contributed by atoms with Crippen molar-refractivity contribution in [3.8, 4) is 0 Å². The summed E-state index contributed by atoms with van der Waals surface area (Å²) in [5, 5.41) is 0. The lowest BCUT2D eigenvalue weighted by Gasteiger charge is -2.30. The maximum Gasteiger partial charge on any atom is 0.0728 e. The molecule has 0 aromatic rings. The van der Waals surface area contributed by atoms with Gasteiger partial charge in [0.2, 0.25) is 0 Å². The minimum Gasteiger partial charge on any atom is -0.377 e. The van der Waals surface area contributed by atoms with E-state index in [9.17, 15) is 0 Å². The normalized spacial score (nSPS) is 32.7. The zero-order valence-corrected chi connectivity index (χ0v) is 7.55. The highest BCUT2D eigenvalue weighted by molar-refractivity contribution is 4.77. The van der Waals surface area contributed by atoms with Crippen LogP contribution in [-0.4, -0.2) is 18.8 Å². The molecule has 1 aliphatic heterocycles. The van der Waals surface area contributed by atoms with Gasteiger partial charge in [0.25, 0.3) is 0 Å². The Hall–Kier alpha value is -0.0800. The van der Waals surface area contributed by atoms with Gasteiger partial charge in [0.1, 0.15) is 0 Å². The Morgan fingerprint density at radius 2 is 2.27 bits per heavy atom. The third-order valence-electron chi connectivity index (χ3n) is 2.19. The molecule has 0 aromatic heterocycles. The van der Waals surface area contributed by atoms with E-state index in [1.807, 2.05) is 0 Å². The van der Waals surface area contributed by atoms with Crippen LogP contribution in [0.3, 0.4) is 0 Å². The smallest absolute Gasteiger partial charge is 0.0728 e. The molecule has 1 fully saturated rings. The number of nitrogens with two attached hydrogens (primary N) is 1. The Balaban J connectivity index is 2.29. The molecule has 0 aliphatic carbocycles. The second-order valence-electron chi connectivity index (χ2n) is 3.84. The van der Waals surface area contributed by atoms with E-state index in [0.717, 1.165) is 25.9 Å². The predicted molar refractivity (Wildman–Crippen MR) is 46.4 cm³/mol. The van der Waals surface area contributed by atoms with Crippen LogP contribution < -0.4 is 5.73 Å². The minimum absolute atomic E-state index is 0.283. The molecule has 2 atom stereocenters. The second-order valence-corrected chi connectivity index (χ2v) is 3.84. The number of rotatable bonds is 2. The van der Waals surface area contributed by atoms with Gasteiger partial charge in [0.05, 0.1) is 6.10 Å². The SMILES string of the molecule is CC(C)C[C@@H]1OCCC[C@@H]1N. The molecule has 11 heavy (non-hydrogen) atoms. The molecule has 0 aromatic carbocycles. The minimum atomic E-state index is 0.283. The van der Waals surface area contributed by atoms with Crippen molar-refractivity contribution in [1.29, 1.82) is 0 Å². The van der Waals surface area contributed by atoms with Crippen molar-refractivity contribution in [3.63, 3.8) is 0 Å². The van der Waals surface area contributed by atoms with E-state index in [-0.39, 0.29) is 6.04 Å². The first-order chi connectivity index (χ1) is 5.20. The van der Waals surface area contributed by atoms with Crippen molar-refractivity contribution in [2.45, 2.75) is 45.3 Å². The summed E-state index contributed by atoms with van der Waals surface area (Å²) < 4.78 is 5.58. The molecule has 0 radical (unpaired) electrons. The van der Waals surface area contributed by atoms with Crippen molar-refractivity contribution < 1.29 is 4.74 Å². The topological polar surface area (TPSA) is 35.2 Å². The van der Waals surface area contributed by atoms with Gasteiger partial charge in [0, 0.05) is 12.6 Å². The molecule has 1 aliphatic rings. The molecule has 2 nitrogen and oxygen atoms in total. The molecule has 0 spiro atoms. The van der Waals surface area contributed by atoms with E-state index in [1.165, 1.54) is 0 Å². The van der Waals surface area contributed by atoms with Crippen molar-refractivity contribution >= 4 is 0 Å². The highest BCUT2D eigenvalue weighted by atomic mass is 16.5. The summed E-state index contributed by atoms with van der Waals surface area (Å²) in [4.78, 5) is 0. The van der Waals surface area contributed by atoms with Crippen molar-refractivity contribution in [2.75, 3.05) is 6.61 Å². The Kier molecular flexibility index (Phi) is 3.34. The van der Waals surface area contributed by atoms with E-state index in [4.69, 9.17) is 10.5 Å². The predicted octanol–water partition coefficient (Wildman–Crippen LogP) is 1.54. The summed E-state index contributed by atoms with van der Waals surface area (Å²) in [6, 6.07) is 0.283. The van der Waals surface area contributed by atoms with Gasteiger partial charge in [-0.3, -0.25) is 0 Å². The fourth-order valence-electron chi connectivity index (χ4n) is 1.57. The van der Waals surface area contributed by atoms with Gasteiger partial charge in [0.15, 0.2) is 0 Å². The summed E-state index contributed by atoms with van der Waals surface area (Å²) in [5.41, 5.74) is 5.90. The molecule has 66 valence electrons. The molecule has 0 amide bonds. The fraction of sp³-hybridized carbons (Fsp3) is 1.00. The van der Waals surface area contributed by atoms with Gasteiger partial charge in [-0.2, -0.15) is 0 Å².